The fraction of sp³-hybridized carbons (Fsp3) is 0.519. The van der Waals surface area contributed by atoms with Crippen molar-refractivity contribution < 1.29 is 19.4 Å². The van der Waals surface area contributed by atoms with Gasteiger partial charge in [0, 0.05) is 57.9 Å². The standard InChI is InChI=1S/C27H37N3O4/c31-25(19-23-7-3-1-4-8-23)20-29-15-18-34-26(21-29)22-30(12-11-28-13-16-33-17-14-28)27(32)24-9-5-2-6-10-24/h1-10,25-26,31H,11-22H2/t25-,26-/m0/s1. The van der Waals surface area contributed by atoms with Gasteiger partial charge in [0.2, 0.25) is 0 Å². The van der Waals surface area contributed by atoms with E-state index in [4.69, 9.17) is 9.47 Å². The molecule has 0 aromatic heterocycles. The van der Waals surface area contributed by atoms with Gasteiger partial charge in [0.25, 0.3) is 5.91 Å². The number of morpholine rings is 2. The number of hydrogen-bond donors (Lipinski definition) is 1. The first-order chi connectivity index (χ1) is 16.7. The number of carbonyl (C=O) groups excluding carboxylic acids is 1. The summed E-state index contributed by atoms with van der Waals surface area (Å²) in [6.45, 7) is 8.05. The number of nitrogens with zero attached hydrogens (tertiary/aromatic N) is 3. The van der Waals surface area contributed by atoms with Gasteiger partial charge in [-0.2, -0.15) is 0 Å². The molecule has 2 aromatic rings. The molecule has 1 amide bonds. The Morgan fingerprint density at radius 2 is 1.65 bits per heavy atom. The Hall–Kier alpha value is -2.29. The van der Waals surface area contributed by atoms with Crippen molar-refractivity contribution in [2.24, 2.45) is 0 Å². The molecule has 1 N–H and O–H groups in total. The highest BCUT2D eigenvalue weighted by atomic mass is 16.5. The van der Waals surface area contributed by atoms with Gasteiger partial charge in [-0.15, -0.1) is 0 Å². The molecular weight excluding hydrogens is 430 g/mol. The summed E-state index contributed by atoms with van der Waals surface area (Å²) >= 11 is 0. The van der Waals surface area contributed by atoms with E-state index in [2.05, 4.69) is 9.80 Å². The predicted molar refractivity (Wildman–Crippen MR) is 132 cm³/mol. The number of amides is 1. The molecule has 2 aliphatic heterocycles. The van der Waals surface area contributed by atoms with Crippen LogP contribution in [0.4, 0.5) is 0 Å². The van der Waals surface area contributed by atoms with Gasteiger partial charge in [-0.3, -0.25) is 14.6 Å². The normalized spacial score (nSPS) is 20.7. The molecule has 2 fully saturated rings. The summed E-state index contributed by atoms with van der Waals surface area (Å²) in [6, 6.07) is 19.6. The molecule has 0 bridgehead atoms. The van der Waals surface area contributed by atoms with E-state index in [0.29, 0.717) is 44.8 Å². The third-order valence-corrected chi connectivity index (χ3v) is 6.53. The van der Waals surface area contributed by atoms with Crippen molar-refractivity contribution >= 4 is 5.91 Å². The molecule has 0 unspecified atom stereocenters. The quantitative estimate of drug-likeness (QED) is 0.575. The van der Waals surface area contributed by atoms with Crippen LogP contribution in [0.15, 0.2) is 60.7 Å². The van der Waals surface area contributed by atoms with Crippen LogP contribution >= 0.6 is 0 Å². The van der Waals surface area contributed by atoms with E-state index in [0.717, 1.165) is 45.0 Å². The lowest BCUT2D eigenvalue weighted by Gasteiger charge is -2.37. The number of hydrogen-bond acceptors (Lipinski definition) is 6. The Labute approximate surface area is 202 Å². The molecule has 2 aromatic carbocycles. The fourth-order valence-electron chi connectivity index (χ4n) is 4.68. The Morgan fingerprint density at radius 1 is 0.971 bits per heavy atom. The van der Waals surface area contributed by atoms with Crippen LogP contribution in [0.25, 0.3) is 0 Å². The van der Waals surface area contributed by atoms with Crippen LogP contribution in [0.2, 0.25) is 0 Å². The summed E-state index contributed by atoms with van der Waals surface area (Å²) < 4.78 is 11.5. The van der Waals surface area contributed by atoms with Gasteiger partial charge in [-0.05, 0) is 24.1 Å². The summed E-state index contributed by atoms with van der Waals surface area (Å²) in [5.74, 6) is 0.0405. The third kappa shape index (κ3) is 7.61. The predicted octanol–water partition coefficient (Wildman–Crippen LogP) is 1.77. The number of ether oxygens (including phenoxy) is 2. The van der Waals surface area contributed by atoms with Crippen LogP contribution in [-0.4, -0.2) is 110 Å². The molecule has 7 heteroatoms. The second-order valence-corrected chi connectivity index (χ2v) is 9.17. The lowest BCUT2D eigenvalue weighted by atomic mass is 10.1. The van der Waals surface area contributed by atoms with Gasteiger partial charge < -0.3 is 19.5 Å². The smallest absolute Gasteiger partial charge is 0.253 e. The molecule has 0 spiro atoms. The molecule has 0 aliphatic carbocycles. The highest BCUT2D eigenvalue weighted by Gasteiger charge is 2.27. The third-order valence-electron chi connectivity index (χ3n) is 6.53. The molecule has 7 nitrogen and oxygen atoms in total. The Kier molecular flexibility index (Phi) is 9.47. The van der Waals surface area contributed by atoms with Gasteiger partial charge in [-0.25, -0.2) is 0 Å². The molecule has 0 radical (unpaired) electrons. The van der Waals surface area contributed by atoms with Gasteiger partial charge in [0.05, 0.1) is 32.0 Å². The average Bonchev–Trinajstić information content (AvgIpc) is 2.88. The van der Waals surface area contributed by atoms with E-state index < -0.39 is 6.10 Å². The van der Waals surface area contributed by atoms with Crippen molar-refractivity contribution in [1.29, 1.82) is 0 Å². The molecule has 184 valence electrons. The number of benzene rings is 2. The number of aliphatic hydroxyl groups excluding tert-OH is 1. The molecule has 4 rings (SSSR count). The second kappa shape index (κ2) is 13.0. The summed E-state index contributed by atoms with van der Waals surface area (Å²) in [5.41, 5.74) is 1.85. The maximum atomic E-state index is 13.3. The monoisotopic (exact) mass is 467 g/mol. The van der Waals surface area contributed by atoms with Gasteiger partial charge >= 0.3 is 0 Å². The molecule has 2 heterocycles. The number of rotatable bonds is 10. The van der Waals surface area contributed by atoms with Crippen molar-refractivity contribution in [3.05, 3.63) is 71.8 Å². The largest absolute Gasteiger partial charge is 0.391 e. The summed E-state index contributed by atoms with van der Waals surface area (Å²) in [4.78, 5) is 19.9. The van der Waals surface area contributed by atoms with Crippen molar-refractivity contribution in [1.82, 2.24) is 14.7 Å². The van der Waals surface area contributed by atoms with E-state index in [-0.39, 0.29) is 12.0 Å². The number of aliphatic hydroxyl groups is 1. The number of β-amino-alcohol motifs (C(OH)–C–C–N with tert-alkyl or cyclic N) is 1. The van der Waals surface area contributed by atoms with Crippen molar-refractivity contribution in [3.63, 3.8) is 0 Å². The van der Waals surface area contributed by atoms with Crippen molar-refractivity contribution in [2.45, 2.75) is 18.6 Å². The van der Waals surface area contributed by atoms with Crippen LogP contribution in [0.5, 0.6) is 0 Å². The first kappa shape index (κ1) is 24.8. The van der Waals surface area contributed by atoms with E-state index >= 15 is 0 Å². The van der Waals surface area contributed by atoms with Crippen LogP contribution < -0.4 is 0 Å². The summed E-state index contributed by atoms with van der Waals surface area (Å²) in [5, 5.41) is 10.6. The van der Waals surface area contributed by atoms with Gasteiger partial charge in [0.15, 0.2) is 0 Å². The zero-order valence-electron chi connectivity index (χ0n) is 19.9. The molecular formula is C27H37N3O4. The minimum atomic E-state index is -0.426. The average molecular weight is 468 g/mol. The fourth-order valence-corrected chi connectivity index (χ4v) is 4.68. The highest BCUT2D eigenvalue weighted by Crippen LogP contribution is 2.13. The van der Waals surface area contributed by atoms with E-state index in [9.17, 15) is 9.90 Å². The summed E-state index contributed by atoms with van der Waals surface area (Å²) in [6.07, 6.45) is 0.139. The lowest BCUT2D eigenvalue weighted by molar-refractivity contribution is -0.0513. The van der Waals surface area contributed by atoms with Crippen LogP contribution in [-0.2, 0) is 15.9 Å². The minimum absolute atomic E-state index is 0.0405. The maximum absolute atomic E-state index is 13.3. The van der Waals surface area contributed by atoms with Gasteiger partial charge in [0.1, 0.15) is 0 Å². The molecule has 0 saturated carbocycles. The molecule has 34 heavy (non-hydrogen) atoms. The molecule has 2 saturated heterocycles. The summed E-state index contributed by atoms with van der Waals surface area (Å²) in [7, 11) is 0. The first-order valence-corrected chi connectivity index (χ1v) is 12.4. The Bertz CT molecular complexity index is 861. The number of carbonyl (C=O) groups is 1. The zero-order chi connectivity index (χ0) is 23.6. The van der Waals surface area contributed by atoms with E-state index in [1.54, 1.807) is 0 Å². The minimum Gasteiger partial charge on any atom is -0.391 e. The van der Waals surface area contributed by atoms with Crippen molar-refractivity contribution in [2.75, 3.05) is 72.2 Å². The SMILES string of the molecule is O=C(c1ccccc1)N(CCN1CCOCC1)C[C@@H]1CN(C[C@@H](O)Cc2ccccc2)CCO1. The van der Waals surface area contributed by atoms with Crippen molar-refractivity contribution in [3.8, 4) is 0 Å². The topological polar surface area (TPSA) is 65.5 Å². The van der Waals surface area contributed by atoms with Crippen LogP contribution in [0.1, 0.15) is 15.9 Å². The highest BCUT2D eigenvalue weighted by molar-refractivity contribution is 5.94. The Balaban J connectivity index is 1.33. The first-order valence-electron chi connectivity index (χ1n) is 12.4. The van der Waals surface area contributed by atoms with E-state index in [1.165, 1.54) is 0 Å². The second-order valence-electron chi connectivity index (χ2n) is 9.17. The van der Waals surface area contributed by atoms with Crippen LogP contribution in [0.3, 0.4) is 0 Å². The lowest BCUT2D eigenvalue weighted by Crippen LogP contribution is -2.51. The molecule has 2 atom stereocenters. The van der Waals surface area contributed by atoms with Gasteiger partial charge in [-0.1, -0.05) is 48.5 Å². The Morgan fingerprint density at radius 3 is 2.38 bits per heavy atom. The van der Waals surface area contributed by atoms with E-state index in [1.807, 2.05) is 65.6 Å². The maximum Gasteiger partial charge on any atom is 0.253 e. The van der Waals surface area contributed by atoms with Crippen LogP contribution in [0, 0.1) is 0 Å². The zero-order valence-corrected chi connectivity index (χ0v) is 19.9. The molecule has 2 aliphatic rings.